The van der Waals surface area contributed by atoms with Gasteiger partial charge in [0.15, 0.2) is 0 Å². The number of carbonyl (C=O) groups excluding carboxylic acids is 4. The van der Waals surface area contributed by atoms with Crippen LogP contribution in [-0.4, -0.2) is 91.2 Å². The highest BCUT2D eigenvalue weighted by Gasteiger charge is 2.60. The Hall–Kier alpha value is -4.82. The summed E-state index contributed by atoms with van der Waals surface area (Å²) in [5.41, 5.74) is 2.33. The summed E-state index contributed by atoms with van der Waals surface area (Å²) < 4.78 is 3.40. The Kier molecular flexibility index (Phi) is 11.2. The summed E-state index contributed by atoms with van der Waals surface area (Å²) >= 11 is 0. The van der Waals surface area contributed by atoms with Gasteiger partial charge in [-0.25, -0.2) is 0 Å². The molecule has 14 nitrogen and oxygen atoms in total. The number of carbonyl (C=O) groups is 4. The summed E-state index contributed by atoms with van der Waals surface area (Å²) in [5.74, 6) is -2.09. The average Bonchev–Trinajstić information content (AvgIpc) is 4.12. The summed E-state index contributed by atoms with van der Waals surface area (Å²) in [6.45, 7) is 8.62. The fourth-order valence-corrected chi connectivity index (χ4v) is 9.73. The molecule has 300 valence electrons. The van der Waals surface area contributed by atoms with Gasteiger partial charge in [-0.05, 0) is 77.6 Å². The highest BCUT2D eigenvalue weighted by atomic mass is 16.3. The van der Waals surface area contributed by atoms with Crippen LogP contribution in [0.4, 0.5) is 0 Å². The van der Waals surface area contributed by atoms with Crippen LogP contribution < -0.4 is 21.8 Å². The summed E-state index contributed by atoms with van der Waals surface area (Å²) in [4.78, 5) is 81.6. The molecule has 2 aliphatic carbocycles. The quantitative estimate of drug-likeness (QED) is 0.282. The van der Waals surface area contributed by atoms with Crippen molar-refractivity contribution in [3.8, 4) is 0 Å². The largest absolute Gasteiger partial charge is 0.396 e. The molecule has 4 aliphatic heterocycles. The number of fused-ring (bicyclic) bond motifs is 8. The summed E-state index contributed by atoms with van der Waals surface area (Å²) in [5, 5.41) is 26.0. The van der Waals surface area contributed by atoms with E-state index in [9.17, 15) is 39.0 Å². The fraction of sp³-hybridized carbons (Fsp3) is 0.571. The molecule has 4 bridgehead atoms. The molecule has 56 heavy (non-hydrogen) atoms. The van der Waals surface area contributed by atoms with Crippen molar-refractivity contribution in [2.24, 2.45) is 35.5 Å². The van der Waals surface area contributed by atoms with Gasteiger partial charge >= 0.3 is 0 Å². The van der Waals surface area contributed by atoms with Crippen LogP contribution in [0.2, 0.25) is 0 Å². The summed E-state index contributed by atoms with van der Waals surface area (Å²) in [6.07, 6.45) is 10.7. The highest BCUT2D eigenvalue weighted by molar-refractivity contribution is 5.87. The normalized spacial score (nSPS) is 28.5. The first-order chi connectivity index (χ1) is 27.1. The zero-order chi connectivity index (χ0) is 40.0. The molecule has 0 radical (unpaired) electrons. The lowest BCUT2D eigenvalue weighted by Crippen LogP contribution is -2.49. The molecule has 14 heteroatoms. The first-order valence-electron chi connectivity index (χ1n) is 20.2. The van der Waals surface area contributed by atoms with Crippen molar-refractivity contribution in [3.63, 3.8) is 0 Å². The second-order valence-electron chi connectivity index (χ2n) is 15.9. The number of hydrogen-bond donors (Lipinski definition) is 4. The predicted molar refractivity (Wildman–Crippen MR) is 209 cm³/mol. The lowest BCUT2D eigenvalue weighted by molar-refractivity contribution is -0.139. The number of amides is 4. The number of pyridine rings is 2. The highest BCUT2D eigenvalue weighted by Crippen LogP contribution is 2.52. The Morgan fingerprint density at radius 1 is 0.661 bits per heavy atom. The molecule has 4 N–H and O–H groups in total. The van der Waals surface area contributed by atoms with Crippen LogP contribution in [0.1, 0.15) is 88.0 Å². The van der Waals surface area contributed by atoms with Gasteiger partial charge in [-0.1, -0.05) is 24.3 Å². The SMILES string of the molecule is C/C=C/c1ccc2n(c1=O)C[C@H]1[C@H](CO)[C@@H](C(=O)NCC)[C@@H]2N1C(=O)C1CC1.C/C=C\c1ccc2n(c1=O)C[C@H]1[C@H](CO)[C@@H](C(=O)NCC)[C@@H]2N1C(=O)C1CC1. The molecule has 2 saturated heterocycles. The third-order valence-electron chi connectivity index (χ3n) is 12.5. The topological polar surface area (TPSA) is 183 Å². The first kappa shape index (κ1) is 39.4. The van der Waals surface area contributed by atoms with Crippen molar-refractivity contribution in [2.75, 3.05) is 26.3 Å². The molecular weight excluding hydrogens is 716 g/mol. The van der Waals surface area contributed by atoms with E-state index in [4.69, 9.17) is 0 Å². The molecule has 0 unspecified atom stereocenters. The van der Waals surface area contributed by atoms with Gasteiger partial charge in [0.05, 0.1) is 36.0 Å². The Morgan fingerprint density at radius 2 is 1.04 bits per heavy atom. The van der Waals surface area contributed by atoms with Crippen molar-refractivity contribution in [2.45, 2.75) is 90.6 Å². The maximum absolute atomic E-state index is 13.1. The molecule has 8 rings (SSSR count). The smallest absolute Gasteiger partial charge is 0.258 e. The molecule has 0 aromatic carbocycles. The van der Waals surface area contributed by atoms with Gasteiger partial charge in [0.25, 0.3) is 11.1 Å². The molecule has 2 aromatic rings. The van der Waals surface area contributed by atoms with E-state index in [2.05, 4.69) is 10.6 Å². The zero-order valence-corrected chi connectivity index (χ0v) is 32.6. The lowest BCUT2D eigenvalue weighted by Gasteiger charge is -2.38. The van der Waals surface area contributed by atoms with Crippen LogP contribution in [0.15, 0.2) is 46.0 Å². The van der Waals surface area contributed by atoms with E-state index >= 15 is 0 Å². The van der Waals surface area contributed by atoms with Crippen LogP contribution in [-0.2, 0) is 32.3 Å². The number of hydrogen-bond acceptors (Lipinski definition) is 8. The van der Waals surface area contributed by atoms with Gasteiger partial charge in [0.2, 0.25) is 23.6 Å². The average molecular weight is 771 g/mol. The number of allylic oxidation sites excluding steroid dienone is 2. The van der Waals surface area contributed by atoms with Crippen molar-refractivity contribution in [3.05, 3.63) is 79.6 Å². The van der Waals surface area contributed by atoms with E-state index in [-0.39, 0.29) is 83.7 Å². The van der Waals surface area contributed by atoms with Crippen molar-refractivity contribution >= 4 is 35.8 Å². The number of aliphatic hydroxyl groups is 2. The van der Waals surface area contributed by atoms with E-state index in [1.165, 1.54) is 0 Å². The third-order valence-corrected chi connectivity index (χ3v) is 12.5. The van der Waals surface area contributed by atoms with E-state index in [0.717, 1.165) is 25.7 Å². The molecule has 0 spiro atoms. The fourth-order valence-electron chi connectivity index (χ4n) is 9.73. The molecule has 6 heterocycles. The first-order valence-corrected chi connectivity index (χ1v) is 20.2. The van der Waals surface area contributed by atoms with E-state index < -0.39 is 23.9 Å². The molecule has 8 atom stereocenters. The standard InChI is InChI=1S/2C21H27N3O4/c2*1-3-5-12-8-9-15-18-17(19(26)22-4-2)14(11-25)16(10-23(15)20(12)27)24(18)21(28)13-6-7-13/h2*3,5,8-9,13-14,16-18,25H,4,6-7,10-11H2,1-2H3,(H,22,26)/b5-3+;5-3-/t2*14-,16-,17+,18+/m00/s1. The number of rotatable bonds is 10. The van der Waals surface area contributed by atoms with Crippen LogP contribution >= 0.6 is 0 Å². The van der Waals surface area contributed by atoms with Crippen LogP contribution in [0.25, 0.3) is 12.2 Å². The second kappa shape index (κ2) is 16.0. The van der Waals surface area contributed by atoms with Gasteiger partial charge in [-0.3, -0.25) is 28.8 Å². The zero-order valence-electron chi connectivity index (χ0n) is 32.6. The minimum absolute atomic E-state index is 0.0119. The van der Waals surface area contributed by atoms with Crippen LogP contribution in [0.5, 0.6) is 0 Å². The third kappa shape index (κ3) is 6.63. The van der Waals surface area contributed by atoms with Crippen molar-refractivity contribution < 1.29 is 29.4 Å². The van der Waals surface area contributed by atoms with Crippen molar-refractivity contribution in [1.29, 1.82) is 0 Å². The van der Waals surface area contributed by atoms with Gasteiger partial charge in [0.1, 0.15) is 0 Å². The number of aromatic nitrogens is 2. The maximum Gasteiger partial charge on any atom is 0.258 e. The summed E-state index contributed by atoms with van der Waals surface area (Å²) in [6, 6.07) is 5.52. The monoisotopic (exact) mass is 770 g/mol. The van der Waals surface area contributed by atoms with Gasteiger partial charge in [0, 0.05) is 85.6 Å². The van der Waals surface area contributed by atoms with E-state index in [1.807, 2.05) is 61.8 Å². The Balaban J connectivity index is 0.000000172. The molecule has 2 saturated carbocycles. The van der Waals surface area contributed by atoms with Gasteiger partial charge in [-0.15, -0.1) is 0 Å². The second-order valence-corrected chi connectivity index (χ2v) is 15.9. The molecular formula is C42H54N6O8. The molecule has 4 amide bonds. The predicted octanol–water partition coefficient (Wildman–Crippen LogP) is 1.84. The molecule has 6 aliphatic rings. The Bertz CT molecular complexity index is 1920. The van der Waals surface area contributed by atoms with Crippen molar-refractivity contribution in [1.82, 2.24) is 29.6 Å². The summed E-state index contributed by atoms with van der Waals surface area (Å²) in [7, 11) is 0. The lowest BCUT2D eigenvalue weighted by atomic mass is 9.86. The Labute approximate surface area is 326 Å². The van der Waals surface area contributed by atoms with Gasteiger partial charge in [-0.2, -0.15) is 0 Å². The van der Waals surface area contributed by atoms with E-state index in [0.29, 0.717) is 48.7 Å². The number of nitrogens with one attached hydrogen (secondary N) is 2. The number of aliphatic hydroxyl groups excluding tert-OH is 2. The molecule has 4 fully saturated rings. The minimum Gasteiger partial charge on any atom is -0.396 e. The van der Waals surface area contributed by atoms with Crippen LogP contribution in [0, 0.1) is 35.5 Å². The molecule has 2 aromatic heterocycles. The van der Waals surface area contributed by atoms with E-state index in [1.54, 1.807) is 33.4 Å². The maximum atomic E-state index is 13.1. The number of nitrogens with zero attached hydrogens (tertiary/aromatic N) is 4. The van der Waals surface area contributed by atoms with Crippen LogP contribution in [0.3, 0.4) is 0 Å². The Morgan fingerprint density at radius 3 is 1.34 bits per heavy atom. The minimum atomic E-state index is -0.557. The van der Waals surface area contributed by atoms with Gasteiger partial charge < -0.3 is 39.8 Å².